The number of carboxylic acids is 1. The van der Waals surface area contributed by atoms with Crippen molar-refractivity contribution < 1.29 is 18.3 Å². The van der Waals surface area contributed by atoms with Crippen LogP contribution in [0.2, 0.25) is 0 Å². The van der Waals surface area contributed by atoms with Gasteiger partial charge in [0.25, 0.3) is 0 Å². The summed E-state index contributed by atoms with van der Waals surface area (Å²) in [4.78, 5) is 10.9. The Kier molecular flexibility index (Phi) is 3.91. The zero-order valence-corrected chi connectivity index (χ0v) is 11.3. The summed E-state index contributed by atoms with van der Waals surface area (Å²) in [6.45, 7) is 5.47. The molecule has 1 aliphatic rings. The van der Waals surface area contributed by atoms with Crippen LogP contribution >= 0.6 is 11.8 Å². The lowest BCUT2D eigenvalue weighted by Crippen LogP contribution is -2.44. The second-order valence-corrected chi connectivity index (χ2v) is 7.98. The first-order valence-corrected chi connectivity index (χ1v) is 7.70. The number of thioether (sulfide) groups is 1. The quantitative estimate of drug-likeness (QED) is 0.819. The van der Waals surface area contributed by atoms with Gasteiger partial charge in [0.15, 0.2) is 0 Å². The molecule has 1 aliphatic heterocycles. The third-order valence-electron chi connectivity index (χ3n) is 2.10. The maximum Gasteiger partial charge on any atom is 0.322 e. The van der Waals surface area contributed by atoms with Crippen molar-refractivity contribution in [2.24, 2.45) is 5.41 Å². The topological polar surface area (TPSA) is 74.7 Å². The van der Waals surface area contributed by atoms with E-state index in [1.807, 2.05) is 20.8 Å². The summed E-state index contributed by atoms with van der Waals surface area (Å²) in [6.07, 6.45) is 0. The van der Waals surface area contributed by atoms with Crippen LogP contribution in [0.1, 0.15) is 20.8 Å². The highest BCUT2D eigenvalue weighted by atomic mass is 32.2. The monoisotopic (exact) mass is 267 g/mol. The standard InChI is InChI=1S/C9H17NO4S2/c1-9(2,3)5-16(13,14)10-6-15-4-7(10)8(11)12/h7H,4-6H2,1-3H3,(H,11,12)/t7-/m0/s1. The Morgan fingerprint density at radius 2 is 2.06 bits per heavy atom. The molecule has 1 fully saturated rings. The van der Waals surface area contributed by atoms with Crippen molar-refractivity contribution in [3.05, 3.63) is 0 Å². The van der Waals surface area contributed by atoms with Crippen molar-refractivity contribution in [2.45, 2.75) is 26.8 Å². The summed E-state index contributed by atoms with van der Waals surface area (Å²) in [5.74, 6) is -0.513. The molecule has 1 heterocycles. The van der Waals surface area contributed by atoms with Crippen LogP contribution in [0.4, 0.5) is 0 Å². The third kappa shape index (κ3) is 3.36. The molecular weight excluding hydrogens is 250 g/mol. The number of hydrogen-bond acceptors (Lipinski definition) is 4. The second-order valence-electron chi connectivity index (χ2n) is 5.06. The van der Waals surface area contributed by atoms with Gasteiger partial charge in [-0.1, -0.05) is 20.8 Å². The second kappa shape index (κ2) is 4.54. The maximum absolute atomic E-state index is 12.0. The molecule has 0 aromatic rings. The number of nitrogens with zero attached hydrogens (tertiary/aromatic N) is 1. The number of carbonyl (C=O) groups is 1. The highest BCUT2D eigenvalue weighted by molar-refractivity contribution is 8.00. The number of carboxylic acid groups (broad SMARTS) is 1. The van der Waals surface area contributed by atoms with Gasteiger partial charge in [-0.05, 0) is 5.41 Å². The zero-order valence-electron chi connectivity index (χ0n) is 9.63. The van der Waals surface area contributed by atoms with Crippen molar-refractivity contribution in [2.75, 3.05) is 17.4 Å². The van der Waals surface area contributed by atoms with Crippen molar-refractivity contribution in [3.8, 4) is 0 Å². The first-order valence-electron chi connectivity index (χ1n) is 4.93. The molecule has 16 heavy (non-hydrogen) atoms. The third-order valence-corrected chi connectivity index (χ3v) is 5.60. The van der Waals surface area contributed by atoms with Gasteiger partial charge in [-0.25, -0.2) is 8.42 Å². The van der Waals surface area contributed by atoms with Gasteiger partial charge in [0, 0.05) is 5.75 Å². The van der Waals surface area contributed by atoms with E-state index in [9.17, 15) is 13.2 Å². The summed E-state index contributed by atoms with van der Waals surface area (Å²) in [5.41, 5.74) is -0.366. The molecule has 1 N–H and O–H groups in total. The first-order chi connectivity index (χ1) is 7.13. The normalized spacial score (nSPS) is 23.6. The smallest absolute Gasteiger partial charge is 0.322 e. The number of hydrogen-bond donors (Lipinski definition) is 1. The molecule has 0 amide bonds. The minimum atomic E-state index is -3.48. The van der Waals surface area contributed by atoms with E-state index >= 15 is 0 Å². The van der Waals surface area contributed by atoms with Crippen LogP contribution in [0, 0.1) is 5.41 Å². The van der Waals surface area contributed by atoms with Crippen LogP contribution < -0.4 is 0 Å². The Bertz CT molecular complexity index is 371. The molecular formula is C9H17NO4S2. The fourth-order valence-electron chi connectivity index (χ4n) is 1.53. The summed E-state index contributed by atoms with van der Waals surface area (Å²) in [7, 11) is -3.48. The van der Waals surface area contributed by atoms with Gasteiger partial charge in [0.05, 0.1) is 11.6 Å². The summed E-state index contributed by atoms with van der Waals surface area (Å²) >= 11 is 1.34. The molecule has 0 radical (unpaired) electrons. The lowest BCUT2D eigenvalue weighted by atomic mass is 10.0. The molecule has 0 bridgehead atoms. The van der Waals surface area contributed by atoms with Crippen LogP contribution in [-0.2, 0) is 14.8 Å². The number of aliphatic carboxylic acids is 1. The Morgan fingerprint density at radius 1 is 1.50 bits per heavy atom. The molecule has 1 rings (SSSR count). The summed E-state index contributed by atoms with van der Waals surface area (Å²) < 4.78 is 25.1. The lowest BCUT2D eigenvalue weighted by Gasteiger charge is -2.25. The Morgan fingerprint density at radius 3 is 2.50 bits per heavy atom. The minimum Gasteiger partial charge on any atom is -0.480 e. The van der Waals surface area contributed by atoms with Gasteiger partial charge >= 0.3 is 5.97 Å². The summed E-state index contributed by atoms with van der Waals surface area (Å²) in [5, 5.41) is 8.93. The van der Waals surface area contributed by atoms with E-state index in [2.05, 4.69) is 0 Å². The Balaban J connectivity index is 2.87. The molecule has 7 heteroatoms. The SMILES string of the molecule is CC(C)(C)CS(=O)(=O)N1CSC[C@H]1C(=O)O. The predicted molar refractivity (Wildman–Crippen MR) is 63.8 cm³/mol. The van der Waals surface area contributed by atoms with Crippen LogP contribution in [0.25, 0.3) is 0 Å². The van der Waals surface area contributed by atoms with Gasteiger partial charge in [0.1, 0.15) is 6.04 Å². The van der Waals surface area contributed by atoms with E-state index in [-0.39, 0.29) is 17.0 Å². The molecule has 0 aliphatic carbocycles. The van der Waals surface area contributed by atoms with Crippen molar-refractivity contribution in [1.29, 1.82) is 0 Å². The molecule has 5 nitrogen and oxygen atoms in total. The highest BCUT2D eigenvalue weighted by Gasteiger charge is 2.40. The van der Waals surface area contributed by atoms with Gasteiger partial charge in [-0.3, -0.25) is 4.79 Å². The van der Waals surface area contributed by atoms with Crippen LogP contribution in [0.15, 0.2) is 0 Å². The molecule has 0 unspecified atom stereocenters. The maximum atomic E-state index is 12.0. The lowest BCUT2D eigenvalue weighted by molar-refractivity contribution is -0.140. The summed E-state index contributed by atoms with van der Waals surface area (Å²) in [6, 6.07) is -0.905. The molecule has 0 saturated carbocycles. The van der Waals surface area contributed by atoms with Gasteiger partial charge in [0.2, 0.25) is 10.0 Å². The van der Waals surface area contributed by atoms with Crippen LogP contribution in [0.5, 0.6) is 0 Å². The van der Waals surface area contributed by atoms with Crippen molar-refractivity contribution in [1.82, 2.24) is 4.31 Å². The molecule has 1 saturated heterocycles. The molecule has 0 aromatic heterocycles. The minimum absolute atomic E-state index is 0.0235. The van der Waals surface area contributed by atoms with Crippen LogP contribution in [0.3, 0.4) is 0 Å². The Hall–Kier alpha value is -0.270. The van der Waals surface area contributed by atoms with E-state index in [0.717, 1.165) is 4.31 Å². The van der Waals surface area contributed by atoms with Crippen molar-refractivity contribution in [3.63, 3.8) is 0 Å². The largest absolute Gasteiger partial charge is 0.480 e. The van der Waals surface area contributed by atoms with E-state index < -0.39 is 22.0 Å². The average molecular weight is 267 g/mol. The molecule has 1 atom stereocenters. The Labute approximate surface area is 100 Å². The van der Waals surface area contributed by atoms with E-state index in [1.54, 1.807) is 0 Å². The van der Waals surface area contributed by atoms with Gasteiger partial charge in [-0.15, -0.1) is 11.8 Å². The van der Waals surface area contributed by atoms with Gasteiger partial charge in [-0.2, -0.15) is 4.31 Å². The fourth-order valence-corrected chi connectivity index (χ4v) is 5.31. The molecule has 94 valence electrons. The number of sulfonamides is 1. The van der Waals surface area contributed by atoms with E-state index in [1.165, 1.54) is 11.8 Å². The van der Waals surface area contributed by atoms with Crippen molar-refractivity contribution >= 4 is 27.8 Å². The van der Waals surface area contributed by atoms with Gasteiger partial charge < -0.3 is 5.11 Å². The number of rotatable bonds is 3. The fraction of sp³-hybridized carbons (Fsp3) is 0.889. The predicted octanol–water partition coefficient (Wildman–Crippen LogP) is 0.822. The highest BCUT2D eigenvalue weighted by Crippen LogP contribution is 2.27. The molecule has 0 spiro atoms. The molecule has 0 aromatic carbocycles. The van der Waals surface area contributed by atoms with E-state index in [4.69, 9.17) is 5.11 Å². The van der Waals surface area contributed by atoms with E-state index in [0.29, 0.717) is 5.75 Å². The first kappa shape index (κ1) is 13.8. The van der Waals surface area contributed by atoms with Crippen LogP contribution in [-0.4, -0.2) is 47.2 Å². The average Bonchev–Trinajstić information content (AvgIpc) is 2.45. The zero-order chi connectivity index (χ0) is 12.6.